The summed E-state index contributed by atoms with van der Waals surface area (Å²) in [6.45, 7) is 22.3. The van der Waals surface area contributed by atoms with Gasteiger partial charge in [-0.05, 0) is 113 Å². The van der Waals surface area contributed by atoms with E-state index >= 15 is 0 Å². The number of nitrogens with one attached hydrogen (secondary N) is 1. The average molecular weight is 732 g/mol. The van der Waals surface area contributed by atoms with E-state index in [1.807, 2.05) is 36.0 Å². The Balaban J connectivity index is 1.12. The number of aryl methyl sites for hydroxylation is 2. The Morgan fingerprint density at radius 3 is 2.61 bits per heavy atom. The second-order valence-electron chi connectivity index (χ2n) is 14.7. The first-order valence-corrected chi connectivity index (χ1v) is 19.2. The number of allylic oxidation sites excluding steroid dienone is 4. The van der Waals surface area contributed by atoms with E-state index in [4.69, 9.17) is 5.73 Å². The van der Waals surface area contributed by atoms with Crippen LogP contribution in [0.1, 0.15) is 76.1 Å². The summed E-state index contributed by atoms with van der Waals surface area (Å²) in [6.07, 6.45) is 17.9. The summed E-state index contributed by atoms with van der Waals surface area (Å²) in [5, 5.41) is 25.9. The highest BCUT2D eigenvalue weighted by atomic mass is 16.3. The Morgan fingerprint density at radius 2 is 1.93 bits per heavy atom. The molecule has 1 unspecified atom stereocenters. The predicted octanol–water partition coefficient (Wildman–Crippen LogP) is 7.61. The van der Waals surface area contributed by atoms with E-state index in [1.54, 1.807) is 19.3 Å². The molecule has 3 aromatic rings. The van der Waals surface area contributed by atoms with Crippen molar-refractivity contribution in [1.29, 1.82) is 0 Å². The molecule has 2 aliphatic rings. The fraction of sp³-hybridized carbons (Fsp3) is 0.419. The largest absolute Gasteiger partial charge is 0.508 e. The minimum Gasteiger partial charge on any atom is -0.508 e. The number of hydrogen-bond acceptors (Lipinski definition) is 8. The van der Waals surface area contributed by atoms with Crippen molar-refractivity contribution in [3.8, 4) is 11.1 Å². The normalized spacial score (nSPS) is 16.8. The van der Waals surface area contributed by atoms with Gasteiger partial charge < -0.3 is 26.0 Å². The summed E-state index contributed by atoms with van der Waals surface area (Å²) >= 11 is 0. The number of nitrogens with zero attached hydrogens (tertiary/aromatic N) is 7. The molecule has 54 heavy (non-hydrogen) atoms. The van der Waals surface area contributed by atoms with Crippen LogP contribution in [0, 0.1) is 11.8 Å². The first-order valence-electron chi connectivity index (χ1n) is 19.2. The molecule has 0 bridgehead atoms. The number of benzene rings is 1. The number of aromatic nitrogens is 4. The quantitative estimate of drug-likeness (QED) is 0.0953. The molecule has 0 saturated carbocycles. The lowest BCUT2D eigenvalue weighted by atomic mass is 9.93. The lowest BCUT2D eigenvalue weighted by Gasteiger charge is -2.32. The van der Waals surface area contributed by atoms with Gasteiger partial charge >= 0.3 is 0 Å². The zero-order valence-electron chi connectivity index (χ0n) is 32.5. The van der Waals surface area contributed by atoms with Crippen molar-refractivity contribution in [2.75, 3.05) is 37.3 Å². The van der Waals surface area contributed by atoms with Gasteiger partial charge in [-0.15, -0.1) is 10.2 Å². The Morgan fingerprint density at radius 1 is 1.15 bits per heavy atom. The first kappa shape index (κ1) is 39.9. The highest BCUT2D eigenvalue weighted by Gasteiger charge is 2.37. The molecule has 4 N–H and O–H groups in total. The van der Waals surface area contributed by atoms with Gasteiger partial charge in [0.1, 0.15) is 17.6 Å². The first-order chi connectivity index (χ1) is 26.0. The summed E-state index contributed by atoms with van der Waals surface area (Å²) in [7, 11) is 1.69. The molecule has 5 rings (SSSR count). The van der Waals surface area contributed by atoms with E-state index in [1.165, 1.54) is 24.6 Å². The third-order valence-corrected chi connectivity index (χ3v) is 10.5. The smallest absolute Gasteiger partial charge is 0.242 e. The third-order valence-electron chi connectivity index (χ3n) is 10.5. The number of piperidine rings is 1. The number of aliphatic hydroxyl groups is 1. The van der Waals surface area contributed by atoms with Crippen LogP contribution in [0.2, 0.25) is 0 Å². The Kier molecular flexibility index (Phi) is 13.8. The second-order valence-corrected chi connectivity index (χ2v) is 14.7. The minimum atomic E-state index is -0.364. The number of aliphatic hydroxyl groups excluding tert-OH is 1. The van der Waals surface area contributed by atoms with Crippen LogP contribution in [-0.4, -0.2) is 74.5 Å². The third kappa shape index (κ3) is 9.62. The molecule has 0 spiro atoms. The standard InChI is InChI=1S/C43H57N9O2/c1-8-10-13-35(31(6)53)38-26-37(41(44)49-48-38)34-27-47-51(28-34)24-20-32-18-22-50(23-19-32)21-11-12-33-15-17-39-36(25-33)30(5)42(46-9-2)52(39)40(43(54)45-7)16-14-29(3)4/h8-10,13,15,17,25-29,32,40,53H,2,5-6,11-12,14,16,18-24H2,1,3-4,7H3,(H2,44,49)(H,45,54)/b10-8-,35-13+,46-42?. The van der Waals surface area contributed by atoms with Gasteiger partial charge in [-0.25, -0.2) is 4.99 Å². The molecule has 1 amide bonds. The number of carbonyl (C=O) groups is 1. The summed E-state index contributed by atoms with van der Waals surface area (Å²) in [6, 6.07) is 8.01. The molecule has 4 heterocycles. The topological polar surface area (TPSA) is 138 Å². The van der Waals surface area contributed by atoms with Crippen LogP contribution in [0.15, 0.2) is 91.6 Å². The number of amides is 1. The summed E-state index contributed by atoms with van der Waals surface area (Å²) in [5.41, 5.74) is 12.9. The van der Waals surface area contributed by atoms with Crippen molar-refractivity contribution in [1.82, 2.24) is 30.2 Å². The van der Waals surface area contributed by atoms with Gasteiger partial charge in [0.05, 0.1) is 17.6 Å². The molecule has 1 saturated heterocycles. The lowest BCUT2D eigenvalue weighted by molar-refractivity contribution is -0.121. The number of carbonyl (C=O) groups excluding carboxylic acids is 1. The van der Waals surface area contributed by atoms with Gasteiger partial charge in [-0.2, -0.15) is 5.10 Å². The number of likely N-dealkylation sites (tertiary alicyclic amines) is 1. The molecule has 1 atom stereocenters. The summed E-state index contributed by atoms with van der Waals surface area (Å²) < 4.78 is 1.98. The number of nitrogen functional groups attached to an aromatic ring is 1. The fourth-order valence-electron chi connectivity index (χ4n) is 7.38. The van der Waals surface area contributed by atoms with Gasteiger partial charge in [-0.3, -0.25) is 9.48 Å². The SMILES string of the molecule is C=CN=C1C(=C)c2cc(CCCN3CCC(CCn4cc(-c5cc(/C(=C/C=C\C)C(=C)O)nnc5N)cn4)CC3)ccc2N1C(CCC(C)C)C(=O)NC. The fourth-order valence-corrected chi connectivity index (χ4v) is 7.38. The molecule has 2 aromatic heterocycles. The van der Waals surface area contributed by atoms with E-state index < -0.39 is 0 Å². The van der Waals surface area contributed by atoms with Crippen molar-refractivity contribution in [2.45, 2.75) is 78.3 Å². The van der Waals surface area contributed by atoms with Crippen LogP contribution in [0.4, 0.5) is 11.5 Å². The molecule has 0 aliphatic carbocycles. The number of anilines is 2. The van der Waals surface area contributed by atoms with E-state index in [-0.39, 0.29) is 17.7 Å². The molecule has 286 valence electrons. The number of rotatable bonds is 17. The number of amidine groups is 1. The summed E-state index contributed by atoms with van der Waals surface area (Å²) in [5.74, 6) is 2.04. The van der Waals surface area contributed by atoms with Crippen LogP contribution in [0.3, 0.4) is 0 Å². The van der Waals surface area contributed by atoms with Gasteiger partial charge in [0.2, 0.25) is 5.91 Å². The number of fused-ring (bicyclic) bond motifs is 1. The monoisotopic (exact) mass is 731 g/mol. The molecular weight excluding hydrogens is 675 g/mol. The van der Waals surface area contributed by atoms with E-state index in [0.29, 0.717) is 34.8 Å². The van der Waals surface area contributed by atoms with Crippen LogP contribution in [0.5, 0.6) is 0 Å². The van der Waals surface area contributed by atoms with E-state index in [0.717, 1.165) is 86.2 Å². The molecule has 1 aromatic carbocycles. The average Bonchev–Trinajstić information content (AvgIpc) is 3.74. The molecular formula is C43H57N9O2. The maximum Gasteiger partial charge on any atom is 0.242 e. The van der Waals surface area contributed by atoms with Crippen LogP contribution >= 0.6 is 0 Å². The number of hydrogen-bond donors (Lipinski definition) is 3. The van der Waals surface area contributed by atoms with Gasteiger partial charge in [0, 0.05) is 53.8 Å². The van der Waals surface area contributed by atoms with E-state index in [2.05, 4.69) is 87.2 Å². The maximum absolute atomic E-state index is 13.1. The zero-order chi connectivity index (χ0) is 38.8. The van der Waals surface area contributed by atoms with Crippen molar-refractivity contribution < 1.29 is 9.90 Å². The highest BCUT2D eigenvalue weighted by molar-refractivity contribution is 6.36. The van der Waals surface area contributed by atoms with Crippen LogP contribution < -0.4 is 16.0 Å². The van der Waals surface area contributed by atoms with Crippen LogP contribution in [-0.2, 0) is 17.8 Å². The molecule has 11 heteroatoms. The van der Waals surface area contributed by atoms with Gasteiger partial charge in [0.15, 0.2) is 5.82 Å². The Labute approximate surface area is 320 Å². The molecule has 1 fully saturated rings. The minimum absolute atomic E-state index is 0.0189. The Bertz CT molecular complexity index is 1910. The van der Waals surface area contributed by atoms with Crippen molar-refractivity contribution in [3.63, 3.8) is 0 Å². The number of aliphatic imine (C=N–C) groups is 1. The summed E-state index contributed by atoms with van der Waals surface area (Å²) in [4.78, 5) is 22.3. The predicted molar refractivity (Wildman–Crippen MR) is 222 cm³/mol. The van der Waals surface area contributed by atoms with Crippen molar-refractivity contribution >= 4 is 34.4 Å². The van der Waals surface area contributed by atoms with Crippen molar-refractivity contribution in [2.24, 2.45) is 16.8 Å². The molecule has 0 radical (unpaired) electrons. The zero-order valence-corrected chi connectivity index (χ0v) is 32.5. The molecule has 2 aliphatic heterocycles. The Hall–Kier alpha value is -5.29. The highest BCUT2D eigenvalue weighted by Crippen LogP contribution is 2.40. The molecule has 11 nitrogen and oxygen atoms in total. The second kappa shape index (κ2) is 18.6. The van der Waals surface area contributed by atoms with Crippen LogP contribution in [0.25, 0.3) is 22.3 Å². The maximum atomic E-state index is 13.1. The number of nitrogens with two attached hydrogens (primary N) is 1. The van der Waals surface area contributed by atoms with E-state index in [9.17, 15) is 9.90 Å². The lowest BCUT2D eigenvalue weighted by Crippen LogP contribution is -2.47. The van der Waals surface area contributed by atoms with Crippen molar-refractivity contribution in [3.05, 3.63) is 103 Å². The number of likely N-dealkylation sites (N-methyl/N-ethyl adjacent to an activating group) is 1. The van der Waals surface area contributed by atoms with Gasteiger partial charge in [-0.1, -0.05) is 51.8 Å². The van der Waals surface area contributed by atoms with Gasteiger partial charge in [0.25, 0.3) is 0 Å².